The van der Waals surface area contributed by atoms with Crippen LogP contribution in [0.3, 0.4) is 0 Å². The molecule has 2 bridgehead atoms. The summed E-state index contributed by atoms with van der Waals surface area (Å²) in [7, 11) is -3.08. The number of fused-ring (bicyclic) bond motifs is 1. The van der Waals surface area contributed by atoms with Crippen molar-refractivity contribution in [3.05, 3.63) is 0 Å². The molecule has 3 rings (SSSR count). The van der Waals surface area contributed by atoms with Crippen LogP contribution in [0.25, 0.3) is 0 Å². The molecule has 0 aromatic rings. The maximum absolute atomic E-state index is 11.6. The lowest BCUT2D eigenvalue weighted by atomic mass is 9.74. The van der Waals surface area contributed by atoms with Crippen LogP contribution in [0.2, 0.25) is 0 Å². The highest BCUT2D eigenvalue weighted by Gasteiger charge is 2.67. The molecule has 3 aliphatic rings. The maximum Gasteiger partial charge on any atom is 0.217 e. The third-order valence-corrected chi connectivity index (χ3v) is 5.62. The van der Waals surface area contributed by atoms with E-state index in [0.29, 0.717) is 6.42 Å². The monoisotopic (exact) mass is 203 g/mol. The molecule has 0 aromatic carbocycles. The van der Waals surface area contributed by atoms with Crippen molar-refractivity contribution in [2.75, 3.05) is 0 Å². The van der Waals surface area contributed by atoms with E-state index in [9.17, 15) is 8.42 Å². The minimum Gasteiger partial charge on any atom is -0.371 e. The second kappa shape index (κ2) is 1.94. The SMILES string of the molecule is CC1(C)C2CC3C(O2)C1NS3(=O)=O. The van der Waals surface area contributed by atoms with E-state index >= 15 is 0 Å². The first-order valence-electron chi connectivity index (χ1n) is 4.59. The molecule has 0 radical (unpaired) electrons. The number of hydrogen-bond acceptors (Lipinski definition) is 3. The predicted molar refractivity (Wildman–Crippen MR) is 46.7 cm³/mol. The molecular formula is C8H13NO3S. The Labute approximate surface area is 77.7 Å². The molecule has 0 aliphatic carbocycles. The van der Waals surface area contributed by atoms with Crippen LogP contribution in [0.15, 0.2) is 0 Å². The topological polar surface area (TPSA) is 55.4 Å². The second-order valence-corrected chi connectivity index (χ2v) is 6.76. The third kappa shape index (κ3) is 0.765. The highest BCUT2D eigenvalue weighted by atomic mass is 32.2. The molecule has 4 atom stereocenters. The van der Waals surface area contributed by atoms with Gasteiger partial charge in [-0.2, -0.15) is 0 Å². The zero-order chi connectivity index (χ0) is 9.43. The molecule has 0 saturated carbocycles. The van der Waals surface area contributed by atoms with E-state index < -0.39 is 10.0 Å². The van der Waals surface area contributed by atoms with Gasteiger partial charge in [0.05, 0.1) is 18.2 Å². The molecule has 1 N–H and O–H groups in total. The fourth-order valence-corrected chi connectivity index (χ4v) is 4.83. The van der Waals surface area contributed by atoms with Gasteiger partial charge in [-0.05, 0) is 6.42 Å². The summed E-state index contributed by atoms with van der Waals surface area (Å²) in [6.07, 6.45) is 0.700. The summed E-state index contributed by atoms with van der Waals surface area (Å²) in [6.45, 7) is 4.15. The van der Waals surface area contributed by atoms with E-state index in [-0.39, 0.29) is 28.9 Å². The van der Waals surface area contributed by atoms with Crippen LogP contribution in [-0.4, -0.2) is 31.9 Å². The molecular weight excluding hydrogens is 190 g/mol. The van der Waals surface area contributed by atoms with Gasteiger partial charge >= 0.3 is 0 Å². The standard InChI is InChI=1S/C8H13NO3S/c1-8(2)5-3-4-6(12-5)7(8)9-13(4,10)11/h4-7,9H,3H2,1-2H3. The lowest BCUT2D eigenvalue weighted by Crippen LogP contribution is -2.44. The van der Waals surface area contributed by atoms with Crippen LogP contribution < -0.4 is 4.72 Å². The fraction of sp³-hybridized carbons (Fsp3) is 1.00. The van der Waals surface area contributed by atoms with E-state index in [2.05, 4.69) is 18.6 Å². The summed E-state index contributed by atoms with van der Waals surface area (Å²) in [6, 6.07) is 0.00116. The van der Waals surface area contributed by atoms with Gasteiger partial charge in [-0.3, -0.25) is 0 Å². The fourth-order valence-electron chi connectivity index (χ4n) is 2.86. The third-order valence-electron chi connectivity index (χ3n) is 3.78. The van der Waals surface area contributed by atoms with Crippen molar-refractivity contribution in [3.63, 3.8) is 0 Å². The Morgan fingerprint density at radius 2 is 2.15 bits per heavy atom. The molecule has 3 heterocycles. The zero-order valence-corrected chi connectivity index (χ0v) is 8.47. The molecule has 4 unspecified atom stereocenters. The van der Waals surface area contributed by atoms with E-state index in [0.717, 1.165) is 0 Å². The number of nitrogens with one attached hydrogen (secondary N) is 1. The molecule has 3 fully saturated rings. The molecule has 3 aliphatic heterocycles. The molecule has 0 amide bonds. The van der Waals surface area contributed by atoms with Gasteiger partial charge in [0.2, 0.25) is 10.0 Å². The van der Waals surface area contributed by atoms with Gasteiger partial charge in [0, 0.05) is 5.41 Å². The zero-order valence-electron chi connectivity index (χ0n) is 7.65. The van der Waals surface area contributed by atoms with Crippen LogP contribution >= 0.6 is 0 Å². The molecule has 4 nitrogen and oxygen atoms in total. The largest absolute Gasteiger partial charge is 0.371 e. The molecule has 13 heavy (non-hydrogen) atoms. The molecule has 5 heteroatoms. The number of sulfonamides is 1. The highest BCUT2D eigenvalue weighted by molar-refractivity contribution is 7.90. The lowest BCUT2D eigenvalue weighted by Gasteiger charge is -2.30. The second-order valence-electron chi connectivity index (χ2n) is 4.83. The van der Waals surface area contributed by atoms with Crippen molar-refractivity contribution in [1.82, 2.24) is 4.72 Å². The van der Waals surface area contributed by atoms with Crippen molar-refractivity contribution in [2.45, 2.75) is 43.8 Å². The van der Waals surface area contributed by atoms with Crippen molar-refractivity contribution in [2.24, 2.45) is 5.41 Å². The van der Waals surface area contributed by atoms with Gasteiger partial charge in [-0.1, -0.05) is 13.8 Å². The molecule has 74 valence electrons. The van der Waals surface area contributed by atoms with E-state index in [1.165, 1.54) is 0 Å². The Bertz CT molecular complexity index is 362. The van der Waals surface area contributed by atoms with E-state index in [1.807, 2.05) is 0 Å². The van der Waals surface area contributed by atoms with Gasteiger partial charge < -0.3 is 4.74 Å². The van der Waals surface area contributed by atoms with Crippen LogP contribution in [0, 0.1) is 5.41 Å². The Hall–Kier alpha value is -0.130. The van der Waals surface area contributed by atoms with Gasteiger partial charge in [0.25, 0.3) is 0 Å². The van der Waals surface area contributed by atoms with Crippen molar-refractivity contribution >= 4 is 10.0 Å². The van der Waals surface area contributed by atoms with Crippen LogP contribution in [-0.2, 0) is 14.8 Å². The number of rotatable bonds is 0. The first-order chi connectivity index (χ1) is 5.93. The predicted octanol–water partition coefficient (Wildman–Crippen LogP) is -0.146. The minimum atomic E-state index is -3.08. The summed E-state index contributed by atoms with van der Waals surface area (Å²) >= 11 is 0. The van der Waals surface area contributed by atoms with E-state index in [4.69, 9.17) is 4.74 Å². The quantitative estimate of drug-likeness (QED) is 0.596. The Morgan fingerprint density at radius 1 is 1.46 bits per heavy atom. The minimum absolute atomic E-state index is 0.00116. The van der Waals surface area contributed by atoms with E-state index in [1.54, 1.807) is 0 Å². The summed E-state index contributed by atoms with van der Waals surface area (Å²) in [5, 5.41) is -0.282. The lowest BCUT2D eigenvalue weighted by molar-refractivity contribution is 0.0739. The molecule has 0 spiro atoms. The van der Waals surface area contributed by atoms with Gasteiger partial charge in [-0.15, -0.1) is 0 Å². The Balaban J connectivity index is 2.14. The van der Waals surface area contributed by atoms with Gasteiger partial charge in [0.1, 0.15) is 5.25 Å². The van der Waals surface area contributed by atoms with Gasteiger partial charge in [-0.25, -0.2) is 13.1 Å². The average Bonchev–Trinajstić information content (AvgIpc) is 2.54. The van der Waals surface area contributed by atoms with Gasteiger partial charge in [0.15, 0.2) is 0 Å². The number of ether oxygens (including phenoxy) is 1. The summed E-state index contributed by atoms with van der Waals surface area (Å²) in [4.78, 5) is 0. The Kier molecular flexibility index (Phi) is 1.23. The Morgan fingerprint density at radius 3 is 2.69 bits per heavy atom. The average molecular weight is 203 g/mol. The smallest absolute Gasteiger partial charge is 0.217 e. The van der Waals surface area contributed by atoms with Crippen LogP contribution in [0.5, 0.6) is 0 Å². The highest BCUT2D eigenvalue weighted by Crippen LogP contribution is 2.52. The molecule has 3 saturated heterocycles. The van der Waals surface area contributed by atoms with Crippen molar-refractivity contribution < 1.29 is 13.2 Å². The summed E-state index contributed by atoms with van der Waals surface area (Å²) in [5.41, 5.74) is -0.0370. The van der Waals surface area contributed by atoms with Crippen molar-refractivity contribution in [1.29, 1.82) is 0 Å². The summed E-state index contributed by atoms with van der Waals surface area (Å²) in [5.74, 6) is 0. The normalized spacial score (nSPS) is 54.3. The summed E-state index contributed by atoms with van der Waals surface area (Å²) < 4.78 is 31.5. The molecule has 0 aromatic heterocycles. The number of hydrogen-bond donors (Lipinski definition) is 1. The van der Waals surface area contributed by atoms with Crippen LogP contribution in [0.1, 0.15) is 20.3 Å². The van der Waals surface area contributed by atoms with Crippen molar-refractivity contribution in [3.8, 4) is 0 Å². The van der Waals surface area contributed by atoms with Crippen LogP contribution in [0.4, 0.5) is 0 Å². The first kappa shape index (κ1) is 8.20. The first-order valence-corrected chi connectivity index (χ1v) is 6.14. The maximum atomic E-state index is 11.6.